The van der Waals surface area contributed by atoms with Crippen LogP contribution in [-0.4, -0.2) is 15.0 Å². The minimum atomic E-state index is -5.00. The van der Waals surface area contributed by atoms with Crippen molar-refractivity contribution in [2.75, 3.05) is 0 Å². The first-order chi connectivity index (χ1) is 13.4. The van der Waals surface area contributed by atoms with E-state index >= 15 is 0 Å². The molecule has 29 heavy (non-hydrogen) atoms. The molecule has 0 atom stereocenters. The van der Waals surface area contributed by atoms with E-state index in [1.807, 2.05) is 4.98 Å². The summed E-state index contributed by atoms with van der Waals surface area (Å²) in [6, 6.07) is 3.56. The molecular formula is C17H7ClF7N3O. The van der Waals surface area contributed by atoms with E-state index in [1.165, 1.54) is 0 Å². The van der Waals surface area contributed by atoms with Gasteiger partial charge >= 0.3 is 12.4 Å². The van der Waals surface area contributed by atoms with Crippen LogP contribution in [-0.2, 0) is 12.4 Å². The standard InChI is InChI=1S/C17H7ClF7N3O/c18-9-3-2-8(17(23,24)25)13(14(9)19)15-27-11(5-12(29)28-15)10-4-1-7(6-26-10)16(20,21)22/h1-6H,(H,27,28,29). The van der Waals surface area contributed by atoms with Crippen molar-refractivity contribution in [3.05, 3.63) is 68.8 Å². The maximum atomic E-state index is 14.4. The molecule has 0 bridgehead atoms. The third kappa shape index (κ3) is 4.24. The van der Waals surface area contributed by atoms with Crippen LogP contribution in [0.5, 0.6) is 0 Å². The van der Waals surface area contributed by atoms with Gasteiger partial charge in [0.1, 0.15) is 5.82 Å². The number of nitrogens with one attached hydrogen (secondary N) is 1. The summed E-state index contributed by atoms with van der Waals surface area (Å²) < 4.78 is 92.1. The fourth-order valence-electron chi connectivity index (χ4n) is 2.44. The van der Waals surface area contributed by atoms with Crippen molar-refractivity contribution in [1.82, 2.24) is 15.0 Å². The van der Waals surface area contributed by atoms with Gasteiger partial charge in [0.05, 0.1) is 33.1 Å². The van der Waals surface area contributed by atoms with Gasteiger partial charge in [0.15, 0.2) is 5.82 Å². The minimum Gasteiger partial charge on any atom is -0.306 e. The topological polar surface area (TPSA) is 58.6 Å². The summed E-state index contributed by atoms with van der Waals surface area (Å²) in [5.74, 6) is -2.27. The molecular weight excluding hydrogens is 431 g/mol. The fourth-order valence-corrected chi connectivity index (χ4v) is 2.60. The van der Waals surface area contributed by atoms with Crippen molar-refractivity contribution in [2.45, 2.75) is 12.4 Å². The Bertz CT molecular complexity index is 1120. The van der Waals surface area contributed by atoms with E-state index in [4.69, 9.17) is 11.6 Å². The number of halogens is 8. The number of alkyl halides is 6. The molecule has 0 aliphatic rings. The van der Waals surface area contributed by atoms with Crippen LogP contribution in [0.4, 0.5) is 30.7 Å². The van der Waals surface area contributed by atoms with E-state index in [0.29, 0.717) is 24.4 Å². The molecule has 152 valence electrons. The fraction of sp³-hybridized carbons (Fsp3) is 0.118. The molecule has 4 nitrogen and oxygen atoms in total. The molecule has 0 saturated carbocycles. The van der Waals surface area contributed by atoms with Gasteiger partial charge in [0.25, 0.3) is 5.56 Å². The van der Waals surface area contributed by atoms with Crippen LogP contribution in [0.1, 0.15) is 11.1 Å². The van der Waals surface area contributed by atoms with Crippen LogP contribution in [0.15, 0.2) is 41.3 Å². The number of aromatic nitrogens is 3. The number of nitrogens with zero attached hydrogens (tertiary/aromatic N) is 2. The Balaban J connectivity index is 2.20. The average Bonchev–Trinajstić information content (AvgIpc) is 2.61. The van der Waals surface area contributed by atoms with Gasteiger partial charge in [-0.05, 0) is 24.3 Å². The first-order valence-corrected chi connectivity index (χ1v) is 7.96. The molecule has 3 rings (SSSR count). The second-order valence-electron chi connectivity index (χ2n) is 5.69. The SMILES string of the molecule is O=c1cc(-c2ccc(C(F)(F)F)cn2)nc(-c2c(C(F)(F)F)ccc(Cl)c2F)[nH]1. The zero-order valence-corrected chi connectivity index (χ0v) is 14.5. The quantitative estimate of drug-likeness (QED) is 0.551. The molecule has 0 unspecified atom stereocenters. The first kappa shape index (κ1) is 20.8. The highest BCUT2D eigenvalue weighted by atomic mass is 35.5. The average molecular weight is 438 g/mol. The Kier molecular flexibility index (Phi) is 5.11. The van der Waals surface area contributed by atoms with Crippen LogP contribution in [0, 0.1) is 5.82 Å². The number of benzene rings is 1. The highest BCUT2D eigenvalue weighted by Gasteiger charge is 2.37. The van der Waals surface area contributed by atoms with Crippen LogP contribution < -0.4 is 5.56 Å². The zero-order chi connectivity index (χ0) is 21.6. The van der Waals surface area contributed by atoms with Crippen LogP contribution >= 0.6 is 11.6 Å². The predicted octanol–water partition coefficient (Wildman–Crippen LogP) is 5.33. The Labute approximate surface area is 162 Å². The van der Waals surface area contributed by atoms with Crippen LogP contribution in [0.3, 0.4) is 0 Å². The summed E-state index contributed by atoms with van der Waals surface area (Å²) in [5, 5.41) is -0.645. The third-order valence-electron chi connectivity index (χ3n) is 3.73. The minimum absolute atomic E-state index is 0.235. The lowest BCUT2D eigenvalue weighted by Gasteiger charge is -2.14. The number of hydrogen-bond acceptors (Lipinski definition) is 3. The Morgan fingerprint density at radius 3 is 2.17 bits per heavy atom. The second kappa shape index (κ2) is 7.14. The van der Waals surface area contributed by atoms with E-state index < -0.39 is 51.3 Å². The van der Waals surface area contributed by atoms with Crippen molar-refractivity contribution in [3.8, 4) is 22.8 Å². The highest BCUT2D eigenvalue weighted by molar-refractivity contribution is 6.31. The van der Waals surface area contributed by atoms with Gasteiger partial charge in [-0.3, -0.25) is 9.78 Å². The predicted molar refractivity (Wildman–Crippen MR) is 88.5 cm³/mol. The Morgan fingerprint density at radius 1 is 0.931 bits per heavy atom. The van der Waals surface area contributed by atoms with Crippen molar-refractivity contribution < 1.29 is 30.7 Å². The van der Waals surface area contributed by atoms with Gasteiger partial charge in [-0.1, -0.05) is 11.6 Å². The molecule has 2 aromatic heterocycles. The molecule has 1 N–H and O–H groups in total. The zero-order valence-electron chi connectivity index (χ0n) is 13.8. The molecule has 1 aromatic carbocycles. The lowest BCUT2D eigenvalue weighted by atomic mass is 10.1. The van der Waals surface area contributed by atoms with Gasteiger partial charge in [0, 0.05) is 12.3 Å². The monoisotopic (exact) mass is 437 g/mol. The molecule has 12 heteroatoms. The molecule has 0 aliphatic heterocycles. The molecule has 0 spiro atoms. The van der Waals surface area contributed by atoms with Crippen LogP contribution in [0.2, 0.25) is 5.02 Å². The summed E-state index contributed by atoms with van der Waals surface area (Å²) in [7, 11) is 0. The summed E-state index contributed by atoms with van der Waals surface area (Å²) in [6.45, 7) is 0. The first-order valence-electron chi connectivity index (χ1n) is 7.58. The molecule has 0 aliphatic carbocycles. The van der Waals surface area contributed by atoms with Gasteiger partial charge in [0.2, 0.25) is 0 Å². The molecule has 0 radical (unpaired) electrons. The van der Waals surface area contributed by atoms with Crippen molar-refractivity contribution >= 4 is 11.6 Å². The van der Waals surface area contributed by atoms with Crippen molar-refractivity contribution in [2.24, 2.45) is 0 Å². The van der Waals surface area contributed by atoms with E-state index in [9.17, 15) is 35.5 Å². The summed E-state index contributed by atoms with van der Waals surface area (Å²) in [5.41, 5.74) is -5.19. The van der Waals surface area contributed by atoms with E-state index in [0.717, 1.165) is 12.1 Å². The molecule has 0 saturated heterocycles. The van der Waals surface area contributed by atoms with Crippen LogP contribution in [0.25, 0.3) is 22.8 Å². The lowest BCUT2D eigenvalue weighted by Crippen LogP contribution is -2.14. The van der Waals surface area contributed by atoms with Gasteiger partial charge in [-0.15, -0.1) is 0 Å². The maximum absolute atomic E-state index is 14.4. The number of aromatic amines is 1. The van der Waals surface area contributed by atoms with Crippen molar-refractivity contribution in [3.63, 3.8) is 0 Å². The second-order valence-corrected chi connectivity index (χ2v) is 6.10. The third-order valence-corrected chi connectivity index (χ3v) is 4.02. The van der Waals surface area contributed by atoms with Gasteiger partial charge in [-0.25, -0.2) is 9.37 Å². The van der Waals surface area contributed by atoms with Crippen molar-refractivity contribution in [1.29, 1.82) is 0 Å². The molecule has 3 aromatic rings. The number of H-pyrrole nitrogens is 1. The smallest absolute Gasteiger partial charge is 0.306 e. The summed E-state index contributed by atoms with van der Waals surface area (Å²) in [6.07, 6.45) is -9.19. The normalized spacial score (nSPS) is 12.3. The Hall–Kier alpha value is -2.95. The molecule has 2 heterocycles. The number of rotatable bonds is 2. The largest absolute Gasteiger partial charge is 0.417 e. The molecule has 0 amide bonds. The summed E-state index contributed by atoms with van der Waals surface area (Å²) >= 11 is 5.56. The maximum Gasteiger partial charge on any atom is 0.417 e. The summed E-state index contributed by atoms with van der Waals surface area (Å²) in [4.78, 5) is 21.1. The number of pyridine rings is 1. The van der Waals surface area contributed by atoms with E-state index in [2.05, 4.69) is 9.97 Å². The lowest BCUT2D eigenvalue weighted by molar-refractivity contribution is -0.138. The van der Waals surface area contributed by atoms with Gasteiger partial charge < -0.3 is 4.98 Å². The Morgan fingerprint density at radius 2 is 1.62 bits per heavy atom. The van der Waals surface area contributed by atoms with E-state index in [1.54, 1.807) is 0 Å². The highest BCUT2D eigenvalue weighted by Crippen LogP contribution is 2.39. The number of hydrogen-bond donors (Lipinski definition) is 1. The molecule has 0 fully saturated rings. The van der Waals surface area contributed by atoms with Gasteiger partial charge in [-0.2, -0.15) is 26.3 Å². The van der Waals surface area contributed by atoms with E-state index in [-0.39, 0.29) is 11.4 Å².